The number of fused-ring (bicyclic) bond motifs is 1. The van der Waals surface area contributed by atoms with Gasteiger partial charge in [-0.05, 0) is 41.6 Å². The van der Waals surface area contributed by atoms with Crippen molar-refractivity contribution in [3.8, 4) is 0 Å². The van der Waals surface area contributed by atoms with E-state index in [1.165, 1.54) is 4.90 Å². The second-order valence-electron chi connectivity index (χ2n) is 6.46. The summed E-state index contributed by atoms with van der Waals surface area (Å²) < 4.78 is 1.84. The minimum Gasteiger partial charge on any atom is -0.338 e. The molecule has 27 heavy (non-hydrogen) atoms. The van der Waals surface area contributed by atoms with Crippen molar-refractivity contribution in [2.75, 3.05) is 18.9 Å². The molecule has 6 heteroatoms. The number of likely N-dealkylation sites (N-methyl/N-ethyl adjacent to an activating group) is 1. The summed E-state index contributed by atoms with van der Waals surface area (Å²) >= 11 is 6.06. The largest absolute Gasteiger partial charge is 0.338 e. The number of aryl methyl sites for hydroxylation is 1. The number of para-hydroxylation sites is 1. The maximum absolute atomic E-state index is 12.5. The van der Waals surface area contributed by atoms with E-state index in [4.69, 9.17) is 11.6 Å². The van der Waals surface area contributed by atoms with Crippen molar-refractivity contribution in [3.63, 3.8) is 0 Å². The van der Waals surface area contributed by atoms with Gasteiger partial charge in [-0.15, -0.1) is 0 Å². The number of nitrogens with one attached hydrogen (secondary N) is 1. The van der Waals surface area contributed by atoms with Crippen molar-refractivity contribution in [2.24, 2.45) is 0 Å². The van der Waals surface area contributed by atoms with Crippen LogP contribution in [0.5, 0.6) is 0 Å². The fraction of sp³-hybridized carbons (Fsp3) is 0.238. The van der Waals surface area contributed by atoms with E-state index in [0.29, 0.717) is 5.02 Å². The normalized spacial score (nSPS) is 10.8. The summed E-state index contributed by atoms with van der Waals surface area (Å²) in [5.74, 6) is -0.362. The zero-order valence-electron chi connectivity index (χ0n) is 15.4. The summed E-state index contributed by atoms with van der Waals surface area (Å²) in [4.78, 5) is 26.3. The molecule has 3 aromatic rings. The molecular formula is C21H22ClN3O2. The van der Waals surface area contributed by atoms with Crippen LogP contribution in [0.15, 0.2) is 54.7 Å². The van der Waals surface area contributed by atoms with Gasteiger partial charge in [0, 0.05) is 29.5 Å². The van der Waals surface area contributed by atoms with Crippen LogP contribution in [-0.4, -0.2) is 34.9 Å². The molecule has 0 fully saturated rings. The van der Waals surface area contributed by atoms with E-state index in [2.05, 4.69) is 5.32 Å². The van der Waals surface area contributed by atoms with Crippen LogP contribution in [0, 0.1) is 0 Å². The van der Waals surface area contributed by atoms with Gasteiger partial charge in [-0.3, -0.25) is 9.59 Å². The summed E-state index contributed by atoms with van der Waals surface area (Å²) in [6.07, 6.45) is 2.68. The van der Waals surface area contributed by atoms with Crippen LogP contribution in [-0.2, 0) is 22.6 Å². The Morgan fingerprint density at radius 1 is 1.15 bits per heavy atom. The van der Waals surface area contributed by atoms with E-state index in [0.717, 1.165) is 28.6 Å². The molecular weight excluding hydrogens is 362 g/mol. The van der Waals surface area contributed by atoms with Crippen LogP contribution in [0.2, 0.25) is 5.02 Å². The van der Waals surface area contributed by atoms with Crippen molar-refractivity contribution < 1.29 is 9.59 Å². The Kier molecular flexibility index (Phi) is 5.81. The molecule has 2 aromatic carbocycles. The molecule has 1 aromatic heterocycles. The zero-order chi connectivity index (χ0) is 19.4. The Labute approximate surface area is 163 Å². The minimum atomic E-state index is -0.216. The maximum Gasteiger partial charge on any atom is 0.243 e. The first-order chi connectivity index (χ1) is 13.0. The molecule has 0 unspecified atom stereocenters. The highest BCUT2D eigenvalue weighted by Crippen LogP contribution is 2.20. The number of benzene rings is 2. The van der Waals surface area contributed by atoms with Crippen LogP contribution in [0.25, 0.3) is 10.9 Å². The van der Waals surface area contributed by atoms with Gasteiger partial charge in [0.1, 0.15) is 6.54 Å². The van der Waals surface area contributed by atoms with E-state index in [1.54, 1.807) is 7.05 Å². The van der Waals surface area contributed by atoms with Crippen LogP contribution in [0.4, 0.5) is 5.69 Å². The number of amides is 2. The average molecular weight is 384 g/mol. The Hall–Kier alpha value is -2.79. The number of anilines is 1. The van der Waals surface area contributed by atoms with Crippen molar-refractivity contribution in [1.82, 2.24) is 9.47 Å². The molecule has 140 valence electrons. The zero-order valence-corrected chi connectivity index (χ0v) is 16.2. The lowest BCUT2D eigenvalue weighted by molar-refractivity contribution is -0.133. The molecule has 5 nitrogen and oxygen atoms in total. The Bertz CT molecular complexity index is 980. The van der Waals surface area contributed by atoms with E-state index in [9.17, 15) is 9.59 Å². The van der Waals surface area contributed by atoms with Crippen LogP contribution >= 0.6 is 11.6 Å². The van der Waals surface area contributed by atoms with E-state index in [-0.39, 0.29) is 24.9 Å². The van der Waals surface area contributed by atoms with Crippen molar-refractivity contribution in [3.05, 3.63) is 65.3 Å². The fourth-order valence-corrected chi connectivity index (χ4v) is 3.17. The molecule has 1 N–H and O–H groups in total. The minimum absolute atomic E-state index is 0.00314. The fourth-order valence-electron chi connectivity index (χ4n) is 3.01. The van der Waals surface area contributed by atoms with Gasteiger partial charge >= 0.3 is 0 Å². The Balaban J connectivity index is 1.63. The molecule has 0 saturated heterocycles. The third-order valence-corrected chi connectivity index (χ3v) is 4.76. The number of carbonyl (C=O) groups excluding carboxylic acids is 2. The molecule has 0 saturated carbocycles. The number of rotatable bonds is 6. The number of hydrogen-bond donors (Lipinski definition) is 1. The van der Waals surface area contributed by atoms with Gasteiger partial charge in [0.05, 0.1) is 6.54 Å². The number of hydrogen-bond acceptors (Lipinski definition) is 2. The standard InChI is InChI=1S/C21H22ClN3O2/c1-3-15-6-4-5-7-18(15)23-20(26)13-24(2)21(27)14-25-11-10-16-8-9-17(22)12-19(16)25/h4-12H,3,13-14H2,1-2H3,(H,23,26). The summed E-state index contributed by atoms with van der Waals surface area (Å²) in [5, 5.41) is 4.53. The lowest BCUT2D eigenvalue weighted by atomic mass is 10.1. The first kappa shape index (κ1) is 19.0. The molecule has 0 spiro atoms. The summed E-state index contributed by atoms with van der Waals surface area (Å²) in [6.45, 7) is 2.18. The first-order valence-corrected chi connectivity index (χ1v) is 9.22. The third kappa shape index (κ3) is 4.49. The molecule has 0 aliphatic heterocycles. The molecule has 1 heterocycles. The van der Waals surface area contributed by atoms with Gasteiger partial charge in [0.2, 0.25) is 11.8 Å². The van der Waals surface area contributed by atoms with Crippen LogP contribution in [0.1, 0.15) is 12.5 Å². The van der Waals surface area contributed by atoms with Crippen LogP contribution < -0.4 is 5.32 Å². The van der Waals surface area contributed by atoms with Crippen molar-refractivity contribution >= 4 is 40.0 Å². The SMILES string of the molecule is CCc1ccccc1NC(=O)CN(C)C(=O)Cn1ccc2ccc(Cl)cc21. The number of halogens is 1. The number of nitrogens with zero attached hydrogens (tertiary/aromatic N) is 2. The van der Waals surface area contributed by atoms with Gasteiger partial charge in [-0.2, -0.15) is 0 Å². The highest BCUT2D eigenvalue weighted by Gasteiger charge is 2.15. The van der Waals surface area contributed by atoms with Crippen molar-refractivity contribution in [2.45, 2.75) is 19.9 Å². The molecule has 0 bridgehead atoms. The molecule has 3 rings (SSSR count). The summed E-state index contributed by atoms with van der Waals surface area (Å²) in [5.41, 5.74) is 2.75. The maximum atomic E-state index is 12.5. The lowest BCUT2D eigenvalue weighted by Crippen LogP contribution is -2.36. The van der Waals surface area contributed by atoms with Gasteiger partial charge in [-0.1, -0.05) is 42.8 Å². The predicted octanol–water partition coefficient (Wildman–Crippen LogP) is 3.95. The van der Waals surface area contributed by atoms with Gasteiger partial charge in [-0.25, -0.2) is 0 Å². The molecule has 0 aliphatic rings. The van der Waals surface area contributed by atoms with E-state index < -0.39 is 0 Å². The highest BCUT2D eigenvalue weighted by molar-refractivity contribution is 6.31. The van der Waals surface area contributed by atoms with Gasteiger partial charge in [0.15, 0.2) is 0 Å². The summed E-state index contributed by atoms with van der Waals surface area (Å²) in [7, 11) is 1.63. The number of carbonyl (C=O) groups is 2. The molecule has 2 amide bonds. The Morgan fingerprint density at radius 3 is 2.70 bits per heavy atom. The monoisotopic (exact) mass is 383 g/mol. The third-order valence-electron chi connectivity index (χ3n) is 4.52. The van der Waals surface area contributed by atoms with E-state index in [1.807, 2.05) is 66.2 Å². The smallest absolute Gasteiger partial charge is 0.243 e. The predicted molar refractivity (Wildman–Crippen MR) is 109 cm³/mol. The first-order valence-electron chi connectivity index (χ1n) is 8.84. The Morgan fingerprint density at radius 2 is 1.93 bits per heavy atom. The van der Waals surface area contributed by atoms with E-state index >= 15 is 0 Å². The van der Waals surface area contributed by atoms with Gasteiger partial charge in [0.25, 0.3) is 0 Å². The highest BCUT2D eigenvalue weighted by atomic mass is 35.5. The lowest BCUT2D eigenvalue weighted by Gasteiger charge is -2.18. The molecule has 0 atom stereocenters. The summed E-state index contributed by atoms with van der Waals surface area (Å²) in [6, 6.07) is 15.2. The van der Waals surface area contributed by atoms with Gasteiger partial charge < -0.3 is 14.8 Å². The molecule has 0 radical (unpaired) electrons. The quantitative estimate of drug-likeness (QED) is 0.700. The average Bonchev–Trinajstić information content (AvgIpc) is 3.04. The number of aromatic nitrogens is 1. The topological polar surface area (TPSA) is 54.3 Å². The van der Waals surface area contributed by atoms with Crippen LogP contribution in [0.3, 0.4) is 0 Å². The second-order valence-corrected chi connectivity index (χ2v) is 6.89. The second kappa shape index (κ2) is 8.27. The molecule has 0 aliphatic carbocycles. The van der Waals surface area contributed by atoms with Crippen molar-refractivity contribution in [1.29, 1.82) is 0 Å².